The minimum Gasteiger partial charge on any atom is -0.388 e. The number of anilines is 1. The van der Waals surface area contributed by atoms with E-state index in [-0.39, 0.29) is 22.6 Å². The van der Waals surface area contributed by atoms with Crippen molar-refractivity contribution in [3.05, 3.63) is 33.9 Å². The molecule has 0 fully saturated rings. The van der Waals surface area contributed by atoms with Crippen LogP contribution in [0.5, 0.6) is 0 Å². The van der Waals surface area contributed by atoms with Gasteiger partial charge in [0.25, 0.3) is 11.6 Å². The van der Waals surface area contributed by atoms with Crippen LogP contribution in [0.1, 0.15) is 31.1 Å². The average molecular weight is 279 g/mol. The summed E-state index contributed by atoms with van der Waals surface area (Å²) in [4.78, 5) is 24.4. The third-order valence-corrected chi connectivity index (χ3v) is 2.77. The minimum absolute atomic E-state index is 0.0696. The van der Waals surface area contributed by atoms with Crippen LogP contribution in [-0.4, -0.2) is 36.4 Å². The molecule has 1 amide bonds. The summed E-state index contributed by atoms with van der Waals surface area (Å²) >= 11 is 0. The molecule has 1 rings (SSSR count). The second-order valence-corrected chi connectivity index (χ2v) is 5.96. The first-order valence-electron chi connectivity index (χ1n) is 6.37. The summed E-state index contributed by atoms with van der Waals surface area (Å²) in [6.45, 7) is 6.55. The average Bonchev–Trinajstić information content (AvgIpc) is 2.34. The molecule has 0 aromatic heterocycles. The van der Waals surface area contributed by atoms with Gasteiger partial charge in [0.2, 0.25) is 0 Å². The van der Waals surface area contributed by atoms with Gasteiger partial charge >= 0.3 is 0 Å². The van der Waals surface area contributed by atoms with Gasteiger partial charge < -0.3 is 10.2 Å². The third kappa shape index (κ3) is 3.94. The van der Waals surface area contributed by atoms with Crippen LogP contribution in [0.2, 0.25) is 0 Å². The zero-order chi connectivity index (χ0) is 15.5. The third-order valence-electron chi connectivity index (χ3n) is 2.77. The van der Waals surface area contributed by atoms with E-state index < -0.39 is 4.92 Å². The SMILES string of the molecule is CNc1ccc([N+](=O)[O-])c(C(=O)N(C)CC(C)(C)C)c1. The highest BCUT2D eigenvalue weighted by Crippen LogP contribution is 2.25. The first kappa shape index (κ1) is 15.9. The highest BCUT2D eigenvalue weighted by Gasteiger charge is 2.25. The number of hydrogen-bond donors (Lipinski definition) is 1. The second-order valence-electron chi connectivity index (χ2n) is 5.96. The topological polar surface area (TPSA) is 75.5 Å². The fourth-order valence-electron chi connectivity index (χ4n) is 2.01. The van der Waals surface area contributed by atoms with Crippen LogP contribution in [0.15, 0.2) is 18.2 Å². The molecule has 6 nitrogen and oxygen atoms in total. The van der Waals surface area contributed by atoms with E-state index in [1.807, 2.05) is 20.8 Å². The molecule has 0 saturated carbocycles. The van der Waals surface area contributed by atoms with Crippen LogP contribution in [0, 0.1) is 15.5 Å². The fourth-order valence-corrected chi connectivity index (χ4v) is 2.01. The molecule has 6 heteroatoms. The van der Waals surface area contributed by atoms with Gasteiger partial charge in [-0.3, -0.25) is 14.9 Å². The molecule has 0 unspecified atom stereocenters. The Labute approximate surface area is 118 Å². The van der Waals surface area contributed by atoms with Crippen LogP contribution in [0.25, 0.3) is 0 Å². The standard InChI is InChI=1S/C14H21N3O3/c1-14(2,3)9-16(5)13(18)11-8-10(15-4)6-7-12(11)17(19)20/h6-8,15H,9H2,1-5H3. The van der Waals surface area contributed by atoms with E-state index in [4.69, 9.17) is 0 Å². The van der Waals surface area contributed by atoms with Crippen molar-refractivity contribution in [2.45, 2.75) is 20.8 Å². The lowest BCUT2D eigenvalue weighted by Crippen LogP contribution is -2.34. The summed E-state index contributed by atoms with van der Waals surface area (Å²) in [5.41, 5.74) is 0.534. The quantitative estimate of drug-likeness (QED) is 0.679. The van der Waals surface area contributed by atoms with E-state index in [2.05, 4.69) is 5.32 Å². The van der Waals surface area contributed by atoms with Crippen molar-refractivity contribution in [1.82, 2.24) is 4.90 Å². The zero-order valence-corrected chi connectivity index (χ0v) is 12.6. The molecule has 1 aromatic carbocycles. The van der Waals surface area contributed by atoms with Gasteiger partial charge in [-0.1, -0.05) is 20.8 Å². The van der Waals surface area contributed by atoms with E-state index in [0.29, 0.717) is 12.2 Å². The molecule has 0 aliphatic heterocycles. The van der Waals surface area contributed by atoms with E-state index in [0.717, 1.165) is 0 Å². The second kappa shape index (κ2) is 5.90. The van der Waals surface area contributed by atoms with E-state index in [1.54, 1.807) is 20.2 Å². The normalized spacial score (nSPS) is 11.1. The van der Waals surface area contributed by atoms with Crippen LogP contribution in [0.4, 0.5) is 11.4 Å². The molecule has 0 heterocycles. The predicted molar refractivity (Wildman–Crippen MR) is 79.1 cm³/mol. The summed E-state index contributed by atoms with van der Waals surface area (Å²) < 4.78 is 0. The van der Waals surface area contributed by atoms with Crippen molar-refractivity contribution in [2.24, 2.45) is 5.41 Å². The molecule has 0 aliphatic carbocycles. The molecule has 1 N–H and O–H groups in total. The number of carbonyl (C=O) groups excluding carboxylic acids is 1. The molecule has 20 heavy (non-hydrogen) atoms. The molecular formula is C14H21N3O3. The predicted octanol–water partition coefficient (Wildman–Crippen LogP) is 2.75. The van der Waals surface area contributed by atoms with Gasteiger partial charge in [-0.15, -0.1) is 0 Å². The number of hydrogen-bond acceptors (Lipinski definition) is 4. The van der Waals surface area contributed by atoms with Crippen molar-refractivity contribution >= 4 is 17.3 Å². The lowest BCUT2D eigenvalue weighted by Gasteiger charge is -2.26. The number of nitro benzene ring substituents is 1. The van der Waals surface area contributed by atoms with Gasteiger partial charge in [-0.2, -0.15) is 0 Å². The lowest BCUT2D eigenvalue weighted by atomic mass is 9.96. The Morgan fingerprint density at radius 2 is 2.00 bits per heavy atom. The number of rotatable bonds is 4. The van der Waals surface area contributed by atoms with Crippen LogP contribution in [0.3, 0.4) is 0 Å². The largest absolute Gasteiger partial charge is 0.388 e. The van der Waals surface area contributed by atoms with Crippen LogP contribution in [-0.2, 0) is 0 Å². The summed E-state index contributed by atoms with van der Waals surface area (Å²) in [5.74, 6) is -0.344. The molecule has 1 aromatic rings. The maximum Gasteiger partial charge on any atom is 0.282 e. The lowest BCUT2D eigenvalue weighted by molar-refractivity contribution is -0.385. The summed E-state index contributed by atoms with van der Waals surface area (Å²) in [7, 11) is 3.36. The van der Waals surface area contributed by atoms with Gasteiger partial charge in [0.05, 0.1) is 4.92 Å². The fraction of sp³-hybridized carbons (Fsp3) is 0.500. The monoisotopic (exact) mass is 279 g/mol. The van der Waals surface area contributed by atoms with Gasteiger partial charge in [-0.25, -0.2) is 0 Å². The molecule has 0 spiro atoms. The Bertz CT molecular complexity index is 521. The number of benzene rings is 1. The number of nitrogens with zero attached hydrogens (tertiary/aromatic N) is 2. The maximum atomic E-state index is 12.4. The first-order chi connectivity index (χ1) is 9.15. The van der Waals surface area contributed by atoms with E-state index >= 15 is 0 Å². The molecule has 110 valence electrons. The number of nitrogens with one attached hydrogen (secondary N) is 1. The van der Waals surface area contributed by atoms with Gasteiger partial charge in [-0.05, 0) is 17.5 Å². The molecule has 0 bridgehead atoms. The van der Waals surface area contributed by atoms with Crippen molar-refractivity contribution in [1.29, 1.82) is 0 Å². The Kier molecular flexibility index (Phi) is 4.70. The van der Waals surface area contributed by atoms with Crippen molar-refractivity contribution in [2.75, 3.05) is 26.0 Å². The molecule has 0 radical (unpaired) electrons. The summed E-state index contributed by atoms with van der Waals surface area (Å²) in [6.07, 6.45) is 0. The zero-order valence-electron chi connectivity index (χ0n) is 12.6. The minimum atomic E-state index is -0.530. The molecule has 0 aliphatic rings. The Morgan fingerprint density at radius 3 is 2.45 bits per heavy atom. The van der Waals surface area contributed by atoms with E-state index in [9.17, 15) is 14.9 Å². The maximum absolute atomic E-state index is 12.4. The molecule has 0 saturated heterocycles. The van der Waals surface area contributed by atoms with Gasteiger partial charge in [0, 0.05) is 32.4 Å². The van der Waals surface area contributed by atoms with Crippen molar-refractivity contribution in [3.63, 3.8) is 0 Å². The summed E-state index contributed by atoms with van der Waals surface area (Å²) in [6, 6.07) is 4.45. The highest BCUT2D eigenvalue weighted by molar-refractivity contribution is 5.99. The first-order valence-corrected chi connectivity index (χ1v) is 6.37. The van der Waals surface area contributed by atoms with Crippen molar-refractivity contribution in [3.8, 4) is 0 Å². The Morgan fingerprint density at radius 1 is 1.40 bits per heavy atom. The number of amides is 1. The number of nitro groups is 1. The summed E-state index contributed by atoms with van der Waals surface area (Å²) in [5, 5.41) is 13.9. The molecule has 0 atom stereocenters. The van der Waals surface area contributed by atoms with Crippen molar-refractivity contribution < 1.29 is 9.72 Å². The Balaban J connectivity index is 3.16. The van der Waals surface area contributed by atoms with Crippen LogP contribution < -0.4 is 5.32 Å². The Hall–Kier alpha value is -2.11. The highest BCUT2D eigenvalue weighted by atomic mass is 16.6. The smallest absolute Gasteiger partial charge is 0.282 e. The van der Waals surface area contributed by atoms with Gasteiger partial charge in [0.1, 0.15) is 5.56 Å². The van der Waals surface area contributed by atoms with Gasteiger partial charge in [0.15, 0.2) is 0 Å². The van der Waals surface area contributed by atoms with E-state index in [1.165, 1.54) is 17.0 Å². The van der Waals surface area contributed by atoms with Crippen LogP contribution >= 0.6 is 0 Å². The number of carbonyl (C=O) groups is 1. The molecular weight excluding hydrogens is 258 g/mol.